The number of rotatable bonds is 5. The molecule has 1 amide bonds. The normalized spacial score (nSPS) is 14.9. The number of aromatic amines is 1. The lowest BCUT2D eigenvalue weighted by Gasteiger charge is -2.09. The Labute approximate surface area is 197 Å². The Morgan fingerprint density at radius 3 is 2.61 bits per heavy atom. The maximum Gasteiger partial charge on any atom is 0.273 e. The second-order valence-electron chi connectivity index (χ2n) is 7.25. The lowest BCUT2D eigenvalue weighted by atomic mass is 9.96. The number of amidine groups is 1. The molecule has 2 aromatic carbocycles. The van der Waals surface area contributed by atoms with Gasteiger partial charge in [-0.05, 0) is 35.9 Å². The number of Topliss-reactive ketones (excluding diaryl/α,β-unsaturated/α-hetero) is 1. The molecule has 0 radical (unpaired) electrons. The summed E-state index contributed by atoms with van der Waals surface area (Å²) in [6, 6.07) is 15.4. The molecular formula is C24H17N5O2S2. The quantitative estimate of drug-likeness (QED) is 0.297. The minimum absolute atomic E-state index is 0.0215. The van der Waals surface area contributed by atoms with Crippen molar-refractivity contribution in [1.82, 2.24) is 15.2 Å². The second-order valence-corrected chi connectivity index (χ2v) is 9.15. The maximum absolute atomic E-state index is 12.9. The van der Waals surface area contributed by atoms with Gasteiger partial charge in [-0.2, -0.15) is 5.10 Å². The number of aromatic nitrogens is 3. The van der Waals surface area contributed by atoms with E-state index in [1.807, 2.05) is 48.5 Å². The number of benzene rings is 2. The summed E-state index contributed by atoms with van der Waals surface area (Å²) in [6.45, 7) is 1.56. The third kappa shape index (κ3) is 3.92. The van der Waals surface area contributed by atoms with Crippen molar-refractivity contribution >= 4 is 51.2 Å². The van der Waals surface area contributed by atoms with Crippen molar-refractivity contribution < 1.29 is 9.59 Å². The van der Waals surface area contributed by atoms with Gasteiger partial charge in [0.1, 0.15) is 0 Å². The summed E-state index contributed by atoms with van der Waals surface area (Å²) in [5.74, 6) is -0.253. The van der Waals surface area contributed by atoms with Crippen molar-refractivity contribution in [3.8, 4) is 22.4 Å². The molecule has 33 heavy (non-hydrogen) atoms. The lowest BCUT2D eigenvalue weighted by molar-refractivity contribution is -0.113. The largest absolute Gasteiger partial charge is 0.294 e. The average Bonchev–Trinajstić information content (AvgIpc) is 3.56. The number of hydrogen-bond donors (Lipinski definition) is 2. The molecule has 1 aliphatic heterocycles. The number of nitrogens with one attached hydrogen (secondary N) is 2. The number of carbonyl (C=O) groups is 2. The Balaban J connectivity index is 1.45. The first-order valence-electron chi connectivity index (χ1n) is 9.99. The number of anilines is 1. The zero-order valence-corrected chi connectivity index (χ0v) is 19.0. The molecule has 0 spiro atoms. The highest BCUT2D eigenvalue weighted by atomic mass is 32.2. The molecule has 162 valence electrons. The molecule has 2 N–H and O–H groups in total. The molecule has 1 saturated heterocycles. The number of H-pyrrole nitrogens is 1. The number of thioether (sulfide) groups is 1. The Hall–Kier alpha value is -3.82. The fourth-order valence-corrected chi connectivity index (χ4v) is 5.16. The first kappa shape index (κ1) is 21.0. The summed E-state index contributed by atoms with van der Waals surface area (Å²) in [5.41, 5.74) is 4.92. The first-order chi connectivity index (χ1) is 16.0. The number of nitrogens with zero attached hydrogens (tertiary/aromatic N) is 3. The number of thiazole rings is 1. The Bertz CT molecular complexity index is 1400. The van der Waals surface area contributed by atoms with Gasteiger partial charge in [0.25, 0.3) is 5.91 Å². The van der Waals surface area contributed by atoms with Crippen molar-refractivity contribution in [2.45, 2.75) is 6.92 Å². The highest BCUT2D eigenvalue weighted by Crippen LogP contribution is 2.37. The zero-order chi connectivity index (χ0) is 22.9. The topological polar surface area (TPSA) is 103 Å². The van der Waals surface area contributed by atoms with Crippen LogP contribution >= 0.6 is 23.1 Å². The SMILES string of the molecule is CC(=O)c1ccccc1-c1ccc(-c2[nH]ncc2/C=C2\SC(=N)N(c3nccs3)C2=O)cc1. The van der Waals surface area contributed by atoms with E-state index in [0.717, 1.165) is 39.7 Å². The molecule has 0 unspecified atom stereocenters. The third-order valence-electron chi connectivity index (χ3n) is 5.18. The van der Waals surface area contributed by atoms with Crippen LogP contribution in [0.2, 0.25) is 0 Å². The van der Waals surface area contributed by atoms with Gasteiger partial charge in [-0.25, -0.2) is 9.88 Å². The third-order valence-corrected chi connectivity index (χ3v) is 6.83. The van der Waals surface area contributed by atoms with Gasteiger partial charge in [0.15, 0.2) is 16.1 Å². The van der Waals surface area contributed by atoms with E-state index in [4.69, 9.17) is 5.41 Å². The summed E-state index contributed by atoms with van der Waals surface area (Å²) in [7, 11) is 0. The van der Waals surface area contributed by atoms with Gasteiger partial charge >= 0.3 is 0 Å². The van der Waals surface area contributed by atoms with Gasteiger partial charge in [0, 0.05) is 28.3 Å². The fraction of sp³-hybridized carbons (Fsp3) is 0.0417. The molecule has 3 heterocycles. The van der Waals surface area contributed by atoms with E-state index >= 15 is 0 Å². The van der Waals surface area contributed by atoms with Gasteiger partial charge in [-0.15, -0.1) is 11.3 Å². The van der Waals surface area contributed by atoms with Crippen molar-refractivity contribution in [2.75, 3.05) is 4.90 Å². The number of amides is 1. The monoisotopic (exact) mass is 471 g/mol. The van der Waals surface area contributed by atoms with E-state index in [-0.39, 0.29) is 16.9 Å². The minimum atomic E-state index is -0.275. The van der Waals surface area contributed by atoms with Crippen LogP contribution in [0, 0.1) is 5.41 Å². The predicted molar refractivity (Wildman–Crippen MR) is 132 cm³/mol. The first-order valence-corrected chi connectivity index (χ1v) is 11.7. The summed E-state index contributed by atoms with van der Waals surface area (Å²) < 4.78 is 0. The van der Waals surface area contributed by atoms with Crippen LogP contribution in [0.4, 0.5) is 5.13 Å². The number of carbonyl (C=O) groups excluding carboxylic acids is 2. The average molecular weight is 472 g/mol. The molecule has 1 fully saturated rings. The second kappa shape index (κ2) is 8.61. The summed E-state index contributed by atoms with van der Waals surface area (Å²) in [4.78, 5) is 30.8. The van der Waals surface area contributed by atoms with E-state index in [9.17, 15) is 9.59 Å². The van der Waals surface area contributed by atoms with E-state index in [2.05, 4.69) is 15.2 Å². The summed E-state index contributed by atoms with van der Waals surface area (Å²) >= 11 is 2.41. The van der Waals surface area contributed by atoms with Gasteiger partial charge in [0.05, 0.1) is 16.8 Å². The predicted octanol–water partition coefficient (Wildman–Crippen LogP) is 5.46. The minimum Gasteiger partial charge on any atom is -0.294 e. The zero-order valence-electron chi connectivity index (χ0n) is 17.4. The maximum atomic E-state index is 12.9. The van der Waals surface area contributed by atoms with Crippen LogP contribution in [-0.4, -0.2) is 32.0 Å². The highest BCUT2D eigenvalue weighted by molar-refractivity contribution is 8.19. The molecule has 4 aromatic rings. The van der Waals surface area contributed by atoms with Gasteiger partial charge in [0.2, 0.25) is 0 Å². The molecule has 5 rings (SSSR count). The van der Waals surface area contributed by atoms with Crippen LogP contribution < -0.4 is 4.90 Å². The van der Waals surface area contributed by atoms with Crippen LogP contribution in [0.25, 0.3) is 28.5 Å². The van der Waals surface area contributed by atoms with Crippen LogP contribution in [0.5, 0.6) is 0 Å². The van der Waals surface area contributed by atoms with E-state index in [1.54, 1.807) is 30.8 Å². The van der Waals surface area contributed by atoms with Gasteiger partial charge < -0.3 is 0 Å². The van der Waals surface area contributed by atoms with Crippen LogP contribution in [0.1, 0.15) is 22.8 Å². The molecule has 0 aliphatic carbocycles. The van der Waals surface area contributed by atoms with Crippen LogP contribution in [0.15, 0.2) is 71.2 Å². The van der Waals surface area contributed by atoms with E-state index in [0.29, 0.717) is 15.6 Å². The molecule has 0 bridgehead atoms. The van der Waals surface area contributed by atoms with Crippen LogP contribution in [-0.2, 0) is 4.79 Å². The van der Waals surface area contributed by atoms with Gasteiger partial charge in [-0.1, -0.05) is 48.5 Å². The molecule has 1 aliphatic rings. The molecule has 2 aromatic heterocycles. The van der Waals surface area contributed by atoms with Crippen molar-refractivity contribution in [3.63, 3.8) is 0 Å². The van der Waals surface area contributed by atoms with Crippen LogP contribution in [0.3, 0.4) is 0 Å². The Morgan fingerprint density at radius 1 is 1.12 bits per heavy atom. The number of ketones is 1. The smallest absolute Gasteiger partial charge is 0.273 e. The highest BCUT2D eigenvalue weighted by Gasteiger charge is 2.35. The fourth-order valence-electron chi connectivity index (χ4n) is 3.62. The van der Waals surface area contributed by atoms with E-state index < -0.39 is 0 Å². The van der Waals surface area contributed by atoms with Crippen molar-refractivity contribution in [3.05, 3.63) is 82.3 Å². The summed E-state index contributed by atoms with van der Waals surface area (Å²) in [5, 5.41) is 17.7. The number of hydrogen-bond acceptors (Lipinski definition) is 7. The lowest BCUT2D eigenvalue weighted by Crippen LogP contribution is -2.27. The molecule has 7 nitrogen and oxygen atoms in total. The van der Waals surface area contributed by atoms with Crippen molar-refractivity contribution in [1.29, 1.82) is 5.41 Å². The Morgan fingerprint density at radius 2 is 1.88 bits per heavy atom. The molecule has 0 saturated carbocycles. The standard InChI is InChI=1S/C24H17N5O2S2/c1-14(30)18-4-2-3-5-19(18)15-6-8-16(9-7-15)21-17(13-27-28-21)12-20-22(31)29(23(25)33-20)24-26-10-11-32-24/h2-13,25H,1H3,(H,27,28)/b20-12-,25-23?. The van der Waals surface area contributed by atoms with Gasteiger partial charge in [-0.3, -0.25) is 20.1 Å². The summed E-state index contributed by atoms with van der Waals surface area (Å²) in [6.07, 6.45) is 5.01. The van der Waals surface area contributed by atoms with E-state index in [1.165, 1.54) is 16.2 Å². The Kier molecular flexibility index (Phi) is 5.49. The molecular weight excluding hydrogens is 454 g/mol. The van der Waals surface area contributed by atoms with Crippen molar-refractivity contribution in [2.24, 2.45) is 0 Å². The molecule has 0 atom stereocenters. The molecule has 9 heteroatoms.